The highest BCUT2D eigenvalue weighted by atomic mass is 35.5. The minimum absolute atomic E-state index is 0.00148. The zero-order valence-electron chi connectivity index (χ0n) is 10.5. The summed E-state index contributed by atoms with van der Waals surface area (Å²) in [6.07, 6.45) is 1.78. The van der Waals surface area contributed by atoms with Crippen molar-refractivity contribution in [3.05, 3.63) is 29.8 Å². The van der Waals surface area contributed by atoms with Crippen LogP contribution in [-0.2, 0) is 4.79 Å². The van der Waals surface area contributed by atoms with Crippen molar-refractivity contribution < 1.29 is 4.79 Å². The van der Waals surface area contributed by atoms with Crippen LogP contribution in [0, 0.1) is 0 Å². The number of benzene rings is 1. The summed E-state index contributed by atoms with van der Waals surface area (Å²) in [6, 6.07) is 8.15. The summed E-state index contributed by atoms with van der Waals surface area (Å²) >= 11 is 7.80. The van der Waals surface area contributed by atoms with Gasteiger partial charge in [0.05, 0.1) is 5.92 Å². The first-order valence-corrected chi connectivity index (χ1v) is 7.78. The van der Waals surface area contributed by atoms with E-state index in [1.54, 1.807) is 11.8 Å². The fraction of sp³-hybridized carbons (Fsp3) is 0.500. The average molecular weight is 284 g/mol. The van der Waals surface area contributed by atoms with Crippen molar-refractivity contribution >= 4 is 29.3 Å². The van der Waals surface area contributed by atoms with Crippen molar-refractivity contribution in [3.63, 3.8) is 0 Å². The van der Waals surface area contributed by atoms with Crippen LogP contribution in [0.15, 0.2) is 29.2 Å². The summed E-state index contributed by atoms with van der Waals surface area (Å²) in [5, 5.41) is 3.16. The third-order valence-corrected chi connectivity index (χ3v) is 4.93. The summed E-state index contributed by atoms with van der Waals surface area (Å²) in [6.45, 7) is 2.73. The van der Waals surface area contributed by atoms with Gasteiger partial charge in [0, 0.05) is 22.6 Å². The minimum Gasteiger partial charge on any atom is -0.355 e. The normalized spacial score (nSPS) is 19.3. The van der Waals surface area contributed by atoms with E-state index in [0.29, 0.717) is 6.54 Å². The number of alkyl halides is 1. The van der Waals surface area contributed by atoms with Crippen molar-refractivity contribution in [3.8, 4) is 0 Å². The fourth-order valence-corrected chi connectivity index (χ4v) is 3.40. The second kappa shape index (κ2) is 6.48. The van der Waals surface area contributed by atoms with Crippen molar-refractivity contribution in [2.24, 2.45) is 0 Å². The van der Waals surface area contributed by atoms with Crippen LogP contribution in [0.25, 0.3) is 0 Å². The van der Waals surface area contributed by atoms with Crippen LogP contribution >= 0.6 is 23.4 Å². The average Bonchev–Trinajstić information content (AvgIpc) is 2.82. The number of rotatable bonds is 5. The van der Waals surface area contributed by atoms with Crippen molar-refractivity contribution in [2.75, 3.05) is 12.3 Å². The lowest BCUT2D eigenvalue weighted by Crippen LogP contribution is -2.31. The van der Waals surface area contributed by atoms with Crippen LogP contribution in [-0.4, -0.2) is 23.6 Å². The zero-order valence-corrected chi connectivity index (χ0v) is 12.1. The number of hydrogen-bond acceptors (Lipinski definition) is 2. The lowest BCUT2D eigenvalue weighted by atomic mass is 10.0. The van der Waals surface area contributed by atoms with E-state index < -0.39 is 0 Å². The monoisotopic (exact) mass is 283 g/mol. The Kier molecular flexibility index (Phi) is 4.95. The second-order valence-electron chi connectivity index (χ2n) is 4.49. The Morgan fingerprint density at radius 2 is 2.33 bits per heavy atom. The molecule has 0 aliphatic carbocycles. The maximum absolute atomic E-state index is 12.1. The van der Waals surface area contributed by atoms with Gasteiger partial charge >= 0.3 is 0 Å². The summed E-state index contributed by atoms with van der Waals surface area (Å²) in [5.74, 6) is 0.984. The van der Waals surface area contributed by atoms with Gasteiger partial charge in [0.2, 0.25) is 5.91 Å². The van der Waals surface area contributed by atoms with Gasteiger partial charge in [0.25, 0.3) is 0 Å². The third kappa shape index (κ3) is 3.21. The quantitative estimate of drug-likeness (QED) is 0.839. The van der Waals surface area contributed by atoms with Crippen LogP contribution in [0.1, 0.15) is 31.2 Å². The Labute approximate surface area is 117 Å². The molecule has 2 nitrogen and oxygen atoms in total. The molecule has 18 heavy (non-hydrogen) atoms. The first-order chi connectivity index (χ1) is 8.72. The number of thioether (sulfide) groups is 1. The Bertz CT molecular complexity index is 424. The smallest absolute Gasteiger partial charge is 0.228 e. The Balaban J connectivity index is 1.88. The van der Waals surface area contributed by atoms with E-state index in [0.717, 1.165) is 24.2 Å². The van der Waals surface area contributed by atoms with E-state index in [1.165, 1.54) is 4.90 Å². The minimum atomic E-state index is 0.00148. The van der Waals surface area contributed by atoms with Gasteiger partial charge < -0.3 is 5.32 Å². The molecule has 0 aromatic heterocycles. The van der Waals surface area contributed by atoms with Crippen LogP contribution in [0.5, 0.6) is 0 Å². The summed E-state index contributed by atoms with van der Waals surface area (Å²) < 4.78 is 0. The number of carbonyl (C=O) groups excluding carboxylic acids is 1. The van der Waals surface area contributed by atoms with Crippen molar-refractivity contribution in [1.29, 1.82) is 0 Å². The van der Waals surface area contributed by atoms with E-state index in [9.17, 15) is 4.79 Å². The van der Waals surface area contributed by atoms with E-state index >= 15 is 0 Å². The van der Waals surface area contributed by atoms with Crippen LogP contribution < -0.4 is 5.32 Å². The van der Waals surface area contributed by atoms with Crippen molar-refractivity contribution in [1.82, 2.24) is 5.32 Å². The molecule has 1 aromatic carbocycles. The molecule has 1 heterocycles. The van der Waals surface area contributed by atoms with Gasteiger partial charge in [-0.2, -0.15) is 0 Å². The molecule has 2 atom stereocenters. The molecule has 0 fully saturated rings. The molecule has 98 valence electrons. The Hall–Kier alpha value is -0.670. The largest absolute Gasteiger partial charge is 0.355 e. The fourth-order valence-electron chi connectivity index (χ4n) is 2.06. The van der Waals surface area contributed by atoms with Gasteiger partial charge in [0.1, 0.15) is 0 Å². The molecule has 0 radical (unpaired) electrons. The lowest BCUT2D eigenvalue weighted by Gasteiger charge is -2.12. The second-order valence-corrected chi connectivity index (χ2v) is 6.17. The number of amides is 1. The topological polar surface area (TPSA) is 29.1 Å². The summed E-state index contributed by atoms with van der Waals surface area (Å²) in [7, 11) is 0. The van der Waals surface area contributed by atoms with Gasteiger partial charge in [-0.25, -0.2) is 0 Å². The SMILES string of the molecule is CCC(Cl)CCNC(=O)C1CSc2ccccc21. The number of carbonyl (C=O) groups is 1. The van der Waals surface area contributed by atoms with E-state index in [4.69, 9.17) is 11.6 Å². The molecule has 0 spiro atoms. The Morgan fingerprint density at radius 3 is 3.11 bits per heavy atom. The highest BCUT2D eigenvalue weighted by Crippen LogP contribution is 2.39. The van der Waals surface area contributed by atoms with E-state index in [-0.39, 0.29) is 17.2 Å². The van der Waals surface area contributed by atoms with Gasteiger partial charge in [-0.15, -0.1) is 23.4 Å². The first kappa shape index (κ1) is 13.8. The molecule has 1 aliphatic rings. The molecule has 1 aromatic rings. The number of fused-ring (bicyclic) bond motifs is 1. The molecule has 0 saturated carbocycles. The van der Waals surface area contributed by atoms with Crippen molar-refractivity contribution in [2.45, 2.75) is 36.0 Å². The van der Waals surface area contributed by atoms with E-state index in [2.05, 4.69) is 24.4 Å². The number of halogens is 1. The van der Waals surface area contributed by atoms with Crippen LogP contribution in [0.4, 0.5) is 0 Å². The summed E-state index contributed by atoms with van der Waals surface area (Å²) in [4.78, 5) is 13.3. The molecule has 1 aliphatic heterocycles. The predicted molar refractivity (Wildman–Crippen MR) is 77.5 cm³/mol. The number of hydrogen-bond donors (Lipinski definition) is 1. The van der Waals surface area contributed by atoms with Gasteiger partial charge in [-0.05, 0) is 24.5 Å². The summed E-state index contributed by atoms with van der Waals surface area (Å²) in [5.41, 5.74) is 1.16. The molecule has 1 amide bonds. The van der Waals surface area contributed by atoms with Gasteiger partial charge in [-0.1, -0.05) is 25.1 Å². The molecule has 2 rings (SSSR count). The van der Waals surface area contributed by atoms with Crippen LogP contribution in [0.2, 0.25) is 0 Å². The van der Waals surface area contributed by atoms with Gasteiger partial charge in [0.15, 0.2) is 0 Å². The maximum Gasteiger partial charge on any atom is 0.228 e. The van der Waals surface area contributed by atoms with Crippen LogP contribution in [0.3, 0.4) is 0 Å². The molecule has 0 saturated heterocycles. The third-order valence-electron chi connectivity index (χ3n) is 3.22. The molecule has 4 heteroatoms. The predicted octanol–water partition coefficient (Wildman–Crippen LogP) is 3.40. The standard InChI is InChI=1S/C14H18ClNOS/c1-2-10(15)7-8-16-14(17)12-9-18-13-6-4-3-5-11(12)13/h3-6,10,12H,2,7-9H2,1H3,(H,16,17). The molecular weight excluding hydrogens is 266 g/mol. The maximum atomic E-state index is 12.1. The Morgan fingerprint density at radius 1 is 1.56 bits per heavy atom. The molecule has 0 bridgehead atoms. The highest BCUT2D eigenvalue weighted by Gasteiger charge is 2.28. The van der Waals surface area contributed by atoms with Gasteiger partial charge in [-0.3, -0.25) is 4.79 Å². The highest BCUT2D eigenvalue weighted by molar-refractivity contribution is 7.99. The lowest BCUT2D eigenvalue weighted by molar-refractivity contribution is -0.122. The van der Waals surface area contributed by atoms with E-state index in [1.807, 2.05) is 12.1 Å². The zero-order chi connectivity index (χ0) is 13.0. The molecule has 1 N–H and O–H groups in total. The first-order valence-electron chi connectivity index (χ1n) is 6.36. The number of nitrogens with one attached hydrogen (secondary N) is 1. The molecular formula is C14H18ClNOS. The molecule has 2 unspecified atom stereocenters.